The fourth-order valence-electron chi connectivity index (χ4n) is 1.74. The third-order valence-electron chi connectivity index (χ3n) is 2.74. The molecule has 3 N–H and O–H groups in total. The van der Waals surface area contributed by atoms with Gasteiger partial charge in [-0.05, 0) is 25.0 Å². The molecule has 1 atom stereocenters. The number of nitrogens with one attached hydrogen (secondary N) is 1. The van der Waals surface area contributed by atoms with Gasteiger partial charge in [-0.25, -0.2) is 0 Å². The Bertz CT molecular complexity index is 401. The van der Waals surface area contributed by atoms with Crippen LogP contribution in [0.2, 0.25) is 0 Å². The van der Waals surface area contributed by atoms with Crippen molar-refractivity contribution in [2.45, 2.75) is 19.9 Å². The van der Waals surface area contributed by atoms with Gasteiger partial charge in [0, 0.05) is 7.11 Å². The second kappa shape index (κ2) is 7.76. The van der Waals surface area contributed by atoms with Crippen LogP contribution in [-0.2, 0) is 9.53 Å². The first-order chi connectivity index (χ1) is 9.06. The third-order valence-corrected chi connectivity index (χ3v) is 2.74. The Morgan fingerprint density at radius 2 is 2.00 bits per heavy atom. The van der Waals surface area contributed by atoms with Crippen molar-refractivity contribution in [3.8, 4) is 5.75 Å². The molecule has 1 aromatic carbocycles. The van der Waals surface area contributed by atoms with Crippen molar-refractivity contribution in [1.29, 1.82) is 0 Å². The molecule has 0 aliphatic heterocycles. The first kappa shape index (κ1) is 15.5. The molecule has 0 aromatic heterocycles. The molecule has 0 aliphatic rings. The van der Waals surface area contributed by atoms with Gasteiger partial charge in [-0.2, -0.15) is 0 Å². The third kappa shape index (κ3) is 4.89. The summed E-state index contributed by atoms with van der Waals surface area (Å²) in [6.07, 6.45) is 0. The van der Waals surface area contributed by atoms with E-state index in [4.69, 9.17) is 15.2 Å². The highest BCUT2D eigenvalue weighted by atomic mass is 16.5. The number of para-hydroxylation sites is 1. The van der Waals surface area contributed by atoms with E-state index >= 15 is 0 Å². The Balaban J connectivity index is 2.33. The quantitative estimate of drug-likeness (QED) is 0.715. The fourth-order valence-corrected chi connectivity index (χ4v) is 1.74. The van der Waals surface area contributed by atoms with E-state index in [1.807, 2.05) is 32.0 Å². The summed E-state index contributed by atoms with van der Waals surface area (Å²) in [7, 11) is 1.51. The summed E-state index contributed by atoms with van der Waals surface area (Å²) in [4.78, 5) is 11.5. The van der Waals surface area contributed by atoms with Crippen LogP contribution < -0.4 is 15.8 Å². The van der Waals surface area contributed by atoms with Crippen molar-refractivity contribution in [2.75, 3.05) is 26.9 Å². The predicted molar refractivity (Wildman–Crippen MR) is 74.3 cm³/mol. The minimum absolute atomic E-state index is 0.212. The summed E-state index contributed by atoms with van der Waals surface area (Å²) in [6, 6.07) is 5.35. The van der Waals surface area contributed by atoms with Crippen LogP contribution in [0.5, 0.6) is 5.75 Å². The van der Waals surface area contributed by atoms with E-state index in [0.717, 1.165) is 16.9 Å². The number of nitrogens with two attached hydrogens (primary N) is 1. The van der Waals surface area contributed by atoms with Crippen LogP contribution >= 0.6 is 0 Å². The topological polar surface area (TPSA) is 73.6 Å². The molecule has 1 aromatic rings. The summed E-state index contributed by atoms with van der Waals surface area (Å²) in [6.45, 7) is 5.04. The van der Waals surface area contributed by atoms with Crippen molar-refractivity contribution in [2.24, 2.45) is 5.73 Å². The molecule has 1 unspecified atom stereocenters. The zero-order valence-corrected chi connectivity index (χ0v) is 11.7. The first-order valence-electron chi connectivity index (χ1n) is 6.27. The maximum Gasteiger partial charge on any atom is 0.239 e. The second-order valence-electron chi connectivity index (χ2n) is 4.42. The summed E-state index contributed by atoms with van der Waals surface area (Å²) < 4.78 is 10.5. The highest BCUT2D eigenvalue weighted by Gasteiger charge is 2.12. The van der Waals surface area contributed by atoms with Gasteiger partial charge in [0.1, 0.15) is 18.4 Å². The van der Waals surface area contributed by atoms with Crippen LogP contribution in [0.3, 0.4) is 0 Å². The normalized spacial score (nSPS) is 12.0. The Morgan fingerprint density at radius 3 is 2.58 bits per heavy atom. The minimum Gasteiger partial charge on any atom is -0.491 e. The van der Waals surface area contributed by atoms with Gasteiger partial charge in [0.25, 0.3) is 0 Å². The number of amides is 1. The maximum atomic E-state index is 11.5. The van der Waals surface area contributed by atoms with Crippen LogP contribution in [0.25, 0.3) is 0 Å². The Morgan fingerprint density at radius 1 is 1.37 bits per heavy atom. The van der Waals surface area contributed by atoms with Crippen molar-refractivity contribution in [3.05, 3.63) is 29.3 Å². The lowest BCUT2D eigenvalue weighted by molar-refractivity contribution is -0.123. The van der Waals surface area contributed by atoms with E-state index < -0.39 is 6.04 Å². The molecule has 0 aliphatic carbocycles. The van der Waals surface area contributed by atoms with Crippen molar-refractivity contribution in [3.63, 3.8) is 0 Å². The monoisotopic (exact) mass is 266 g/mol. The highest BCUT2D eigenvalue weighted by molar-refractivity contribution is 5.81. The van der Waals surface area contributed by atoms with Crippen molar-refractivity contribution >= 4 is 5.91 Å². The van der Waals surface area contributed by atoms with Crippen LogP contribution in [0.1, 0.15) is 11.1 Å². The van der Waals surface area contributed by atoms with E-state index in [1.165, 1.54) is 7.11 Å². The van der Waals surface area contributed by atoms with Gasteiger partial charge in [-0.3, -0.25) is 4.79 Å². The van der Waals surface area contributed by atoms with Crippen molar-refractivity contribution in [1.82, 2.24) is 5.32 Å². The fraction of sp³-hybridized carbons (Fsp3) is 0.500. The number of aryl methyl sites for hydroxylation is 2. The Hall–Kier alpha value is -1.59. The van der Waals surface area contributed by atoms with Gasteiger partial charge in [0.2, 0.25) is 5.91 Å². The predicted octanol–water partition coefficient (Wildman–Crippen LogP) is 0.772. The molecule has 0 fully saturated rings. The number of carbonyl (C=O) groups excluding carboxylic acids is 1. The van der Waals surface area contributed by atoms with Gasteiger partial charge in [-0.15, -0.1) is 0 Å². The minimum atomic E-state index is -0.634. The molecule has 5 nitrogen and oxygen atoms in total. The lowest BCUT2D eigenvalue weighted by Crippen LogP contribution is -2.44. The van der Waals surface area contributed by atoms with Gasteiger partial charge < -0.3 is 20.5 Å². The average Bonchev–Trinajstić information content (AvgIpc) is 2.37. The van der Waals surface area contributed by atoms with Gasteiger partial charge in [0.15, 0.2) is 0 Å². The number of methoxy groups -OCH3 is 1. The number of carbonyl (C=O) groups is 1. The highest BCUT2D eigenvalue weighted by Crippen LogP contribution is 2.21. The number of rotatable bonds is 7. The number of benzene rings is 1. The van der Waals surface area contributed by atoms with E-state index in [1.54, 1.807) is 0 Å². The van der Waals surface area contributed by atoms with E-state index in [0.29, 0.717) is 13.2 Å². The largest absolute Gasteiger partial charge is 0.491 e. The second-order valence-corrected chi connectivity index (χ2v) is 4.42. The maximum absolute atomic E-state index is 11.5. The van der Waals surface area contributed by atoms with Crippen LogP contribution in [0.15, 0.2) is 18.2 Å². The molecule has 0 saturated carbocycles. The molecule has 0 radical (unpaired) electrons. The van der Waals surface area contributed by atoms with Gasteiger partial charge in [-0.1, -0.05) is 18.2 Å². The number of hydrogen-bond acceptors (Lipinski definition) is 4. The molecule has 0 heterocycles. The number of hydrogen-bond donors (Lipinski definition) is 2. The molecular formula is C14H22N2O3. The van der Waals surface area contributed by atoms with Crippen LogP contribution in [-0.4, -0.2) is 38.8 Å². The molecule has 5 heteroatoms. The van der Waals surface area contributed by atoms with Crippen molar-refractivity contribution < 1.29 is 14.3 Å². The van der Waals surface area contributed by atoms with Crippen LogP contribution in [0.4, 0.5) is 0 Å². The SMILES string of the molecule is COCC(N)C(=O)NCCOc1c(C)cccc1C. The Kier molecular flexibility index (Phi) is 6.32. The Labute approximate surface area is 114 Å². The lowest BCUT2D eigenvalue weighted by atomic mass is 10.1. The van der Waals surface area contributed by atoms with E-state index in [9.17, 15) is 4.79 Å². The van der Waals surface area contributed by atoms with E-state index in [2.05, 4.69) is 5.32 Å². The zero-order valence-electron chi connectivity index (χ0n) is 11.7. The lowest BCUT2D eigenvalue weighted by Gasteiger charge is -2.14. The molecular weight excluding hydrogens is 244 g/mol. The summed E-state index contributed by atoms with van der Waals surface area (Å²) in [5.74, 6) is 0.643. The van der Waals surface area contributed by atoms with Crippen LogP contribution in [0, 0.1) is 13.8 Å². The molecule has 1 amide bonds. The molecule has 19 heavy (non-hydrogen) atoms. The molecule has 0 bridgehead atoms. The van der Waals surface area contributed by atoms with E-state index in [-0.39, 0.29) is 12.5 Å². The van der Waals surface area contributed by atoms with Gasteiger partial charge in [0.05, 0.1) is 13.2 Å². The summed E-state index contributed by atoms with van der Waals surface area (Å²) in [5, 5.41) is 2.71. The first-order valence-corrected chi connectivity index (χ1v) is 6.27. The molecule has 0 spiro atoms. The molecule has 1 rings (SSSR count). The number of ether oxygens (including phenoxy) is 2. The molecule has 106 valence electrons. The summed E-state index contributed by atoms with van der Waals surface area (Å²) >= 11 is 0. The average molecular weight is 266 g/mol. The smallest absolute Gasteiger partial charge is 0.239 e. The zero-order chi connectivity index (χ0) is 14.3. The molecule has 0 saturated heterocycles. The summed E-state index contributed by atoms with van der Waals surface area (Å²) in [5.41, 5.74) is 7.76. The van der Waals surface area contributed by atoms with Gasteiger partial charge >= 0.3 is 0 Å². The standard InChI is InChI=1S/C14H22N2O3/c1-10-5-4-6-11(2)13(10)19-8-7-16-14(17)12(15)9-18-3/h4-6,12H,7-9,15H2,1-3H3,(H,16,17).